The van der Waals surface area contributed by atoms with Crippen LogP contribution in [0.3, 0.4) is 0 Å². The Kier molecular flexibility index (Phi) is 11.3. The highest BCUT2D eigenvalue weighted by Gasteiger charge is 2.14. The lowest BCUT2D eigenvalue weighted by atomic mass is 10.2. The van der Waals surface area contributed by atoms with E-state index in [-0.39, 0.29) is 46.9 Å². The Labute approximate surface area is 197 Å². The van der Waals surface area contributed by atoms with Crippen molar-refractivity contribution < 1.29 is 21.9 Å². The van der Waals surface area contributed by atoms with Crippen LogP contribution >= 0.6 is 35.6 Å². The predicted molar refractivity (Wildman–Crippen MR) is 125 cm³/mol. The van der Waals surface area contributed by atoms with Gasteiger partial charge in [0.25, 0.3) is 0 Å². The fourth-order valence-corrected chi connectivity index (χ4v) is 4.04. The number of guanidine groups is 1. The van der Waals surface area contributed by atoms with Crippen LogP contribution in [0.2, 0.25) is 5.02 Å². The largest absolute Gasteiger partial charge is 0.434 e. The van der Waals surface area contributed by atoms with Gasteiger partial charge in [-0.2, -0.15) is 8.78 Å². The van der Waals surface area contributed by atoms with E-state index in [2.05, 4.69) is 20.4 Å². The average molecular weight is 574 g/mol. The molecule has 30 heavy (non-hydrogen) atoms. The number of sulfone groups is 1. The van der Waals surface area contributed by atoms with Crippen molar-refractivity contribution in [3.8, 4) is 5.75 Å². The molecule has 0 unspecified atom stereocenters. The highest BCUT2D eigenvalue weighted by atomic mass is 127. The molecule has 11 heteroatoms. The van der Waals surface area contributed by atoms with E-state index in [4.69, 9.17) is 11.6 Å². The molecular formula is C19H23ClF2IN3O3S. The second-order valence-corrected chi connectivity index (χ2v) is 8.51. The van der Waals surface area contributed by atoms with E-state index in [1.54, 1.807) is 37.4 Å². The van der Waals surface area contributed by atoms with E-state index >= 15 is 0 Å². The quantitative estimate of drug-likeness (QED) is 0.205. The predicted octanol–water partition coefficient (Wildman–Crippen LogP) is 4.09. The highest BCUT2D eigenvalue weighted by Crippen LogP contribution is 2.24. The summed E-state index contributed by atoms with van der Waals surface area (Å²) in [5.41, 5.74) is 0.437. The minimum atomic E-state index is -3.34. The molecule has 0 aliphatic rings. The lowest BCUT2D eigenvalue weighted by Crippen LogP contribution is -2.37. The second-order valence-electron chi connectivity index (χ2n) is 5.97. The number of hydrogen-bond acceptors (Lipinski definition) is 4. The van der Waals surface area contributed by atoms with E-state index < -0.39 is 16.4 Å². The van der Waals surface area contributed by atoms with Crippen LogP contribution in [0.1, 0.15) is 12.0 Å². The number of benzene rings is 2. The van der Waals surface area contributed by atoms with Crippen LogP contribution in [0.25, 0.3) is 0 Å². The number of nitrogens with one attached hydrogen (secondary N) is 2. The zero-order valence-electron chi connectivity index (χ0n) is 16.1. The first-order valence-corrected chi connectivity index (χ1v) is 10.8. The molecule has 0 bridgehead atoms. The van der Waals surface area contributed by atoms with Gasteiger partial charge in [-0.25, -0.2) is 8.42 Å². The van der Waals surface area contributed by atoms with Crippen molar-refractivity contribution >= 4 is 51.4 Å². The number of hydrogen-bond donors (Lipinski definition) is 2. The topological polar surface area (TPSA) is 79.8 Å². The van der Waals surface area contributed by atoms with Crippen LogP contribution in [0.4, 0.5) is 8.78 Å². The van der Waals surface area contributed by atoms with Crippen LogP contribution in [0.15, 0.2) is 58.4 Å². The van der Waals surface area contributed by atoms with Crippen LogP contribution < -0.4 is 15.4 Å². The van der Waals surface area contributed by atoms with Gasteiger partial charge in [-0.15, -0.1) is 24.0 Å². The normalized spacial score (nSPS) is 11.7. The first kappa shape index (κ1) is 26.4. The first-order valence-electron chi connectivity index (χ1n) is 8.77. The molecule has 2 N–H and O–H groups in total. The van der Waals surface area contributed by atoms with E-state index in [1.165, 1.54) is 18.2 Å². The molecule has 0 amide bonds. The molecule has 2 aromatic rings. The summed E-state index contributed by atoms with van der Waals surface area (Å²) < 4.78 is 54.1. The molecule has 0 heterocycles. The first-order chi connectivity index (χ1) is 13.8. The fraction of sp³-hybridized carbons (Fsp3) is 0.316. The van der Waals surface area contributed by atoms with Crippen LogP contribution in [-0.4, -0.2) is 40.3 Å². The molecule has 166 valence electrons. The third kappa shape index (κ3) is 8.60. The lowest BCUT2D eigenvalue weighted by Gasteiger charge is -2.15. The van der Waals surface area contributed by atoms with Crippen molar-refractivity contribution in [1.29, 1.82) is 0 Å². The van der Waals surface area contributed by atoms with E-state index in [0.29, 0.717) is 29.5 Å². The van der Waals surface area contributed by atoms with Gasteiger partial charge in [0.2, 0.25) is 0 Å². The Morgan fingerprint density at radius 3 is 2.50 bits per heavy atom. The smallest absolute Gasteiger partial charge is 0.387 e. The maximum absolute atomic E-state index is 12.5. The van der Waals surface area contributed by atoms with Gasteiger partial charge in [0.05, 0.1) is 10.6 Å². The van der Waals surface area contributed by atoms with Crippen molar-refractivity contribution in [3.63, 3.8) is 0 Å². The van der Waals surface area contributed by atoms with Gasteiger partial charge in [-0.1, -0.05) is 29.8 Å². The zero-order chi connectivity index (χ0) is 21.3. The van der Waals surface area contributed by atoms with Crippen molar-refractivity contribution in [2.24, 2.45) is 4.99 Å². The van der Waals surface area contributed by atoms with Crippen LogP contribution in [0.5, 0.6) is 5.75 Å². The molecule has 2 rings (SSSR count). The summed E-state index contributed by atoms with van der Waals surface area (Å²) in [6.07, 6.45) is 0.370. The molecule has 0 aliphatic carbocycles. The van der Waals surface area contributed by atoms with Crippen molar-refractivity contribution in [2.45, 2.75) is 24.5 Å². The third-order valence-corrected chi connectivity index (χ3v) is 5.94. The zero-order valence-corrected chi connectivity index (χ0v) is 20.0. The standard InChI is InChI=1S/C19H22ClF2N3O3S.HI/c1-23-19(24-10-5-11-29(26,27)16-6-3-2-4-7-16)25-13-14-12-15(20)8-9-17(14)28-18(21)22;/h2-4,6-9,12,18H,5,10-11,13H2,1H3,(H2,23,24,25);1H. The summed E-state index contributed by atoms with van der Waals surface area (Å²) in [6, 6.07) is 12.6. The number of halogens is 4. The Balaban J connectivity index is 0.00000450. The molecule has 2 aromatic carbocycles. The molecule has 0 atom stereocenters. The summed E-state index contributed by atoms with van der Waals surface area (Å²) >= 11 is 5.92. The molecule has 0 spiro atoms. The summed E-state index contributed by atoms with van der Waals surface area (Å²) in [5, 5.41) is 6.34. The molecule has 0 saturated heterocycles. The van der Waals surface area contributed by atoms with Crippen LogP contribution in [0, 0.1) is 0 Å². The van der Waals surface area contributed by atoms with Crippen molar-refractivity contribution in [2.75, 3.05) is 19.3 Å². The van der Waals surface area contributed by atoms with Gasteiger partial charge in [-0.05, 0) is 36.8 Å². The summed E-state index contributed by atoms with van der Waals surface area (Å²) in [6.45, 7) is -2.44. The fourth-order valence-electron chi connectivity index (χ4n) is 2.51. The van der Waals surface area contributed by atoms with Gasteiger partial charge in [0, 0.05) is 30.7 Å². The number of aliphatic imine (C=N–C) groups is 1. The van der Waals surface area contributed by atoms with Crippen molar-refractivity contribution in [3.05, 3.63) is 59.1 Å². The highest BCUT2D eigenvalue weighted by molar-refractivity contribution is 14.0. The maximum atomic E-state index is 12.5. The molecular weight excluding hydrogens is 551 g/mol. The maximum Gasteiger partial charge on any atom is 0.387 e. The lowest BCUT2D eigenvalue weighted by molar-refractivity contribution is -0.0504. The van der Waals surface area contributed by atoms with E-state index in [0.717, 1.165) is 0 Å². The summed E-state index contributed by atoms with van der Waals surface area (Å²) in [5.74, 6) is 0.396. The van der Waals surface area contributed by atoms with Gasteiger partial charge in [0.15, 0.2) is 15.8 Å². The molecule has 0 radical (unpaired) electrons. The molecule has 0 fully saturated rings. The van der Waals surface area contributed by atoms with Gasteiger partial charge < -0.3 is 15.4 Å². The minimum Gasteiger partial charge on any atom is -0.434 e. The number of ether oxygens (including phenoxy) is 1. The van der Waals surface area contributed by atoms with Gasteiger partial charge in [-0.3, -0.25) is 4.99 Å². The summed E-state index contributed by atoms with van der Waals surface area (Å²) in [4.78, 5) is 4.32. The second kappa shape index (κ2) is 12.9. The number of alkyl halides is 2. The van der Waals surface area contributed by atoms with Crippen molar-refractivity contribution in [1.82, 2.24) is 10.6 Å². The van der Waals surface area contributed by atoms with E-state index in [9.17, 15) is 17.2 Å². The van der Waals surface area contributed by atoms with E-state index in [1.807, 2.05) is 0 Å². The summed E-state index contributed by atoms with van der Waals surface area (Å²) in [7, 11) is -1.80. The SMILES string of the molecule is CN=C(NCCCS(=O)(=O)c1ccccc1)NCc1cc(Cl)ccc1OC(F)F.I. The molecule has 6 nitrogen and oxygen atoms in total. The Bertz CT molecular complexity index is 932. The Hall–Kier alpha value is -1.66. The van der Waals surface area contributed by atoms with Gasteiger partial charge >= 0.3 is 6.61 Å². The molecule has 0 aliphatic heterocycles. The average Bonchev–Trinajstić information content (AvgIpc) is 2.69. The number of nitrogens with zero attached hydrogens (tertiary/aromatic N) is 1. The monoisotopic (exact) mass is 573 g/mol. The minimum absolute atomic E-state index is 0. The third-order valence-electron chi connectivity index (χ3n) is 3.89. The van der Waals surface area contributed by atoms with Gasteiger partial charge in [0.1, 0.15) is 5.75 Å². The molecule has 0 saturated carbocycles. The Morgan fingerprint density at radius 1 is 1.17 bits per heavy atom. The molecule has 0 aromatic heterocycles. The number of rotatable bonds is 9. The van der Waals surface area contributed by atoms with Crippen LogP contribution in [-0.2, 0) is 16.4 Å². The Morgan fingerprint density at radius 2 is 1.87 bits per heavy atom.